The molecule has 3 heteroatoms. The first-order valence-corrected chi connectivity index (χ1v) is 6.48. The Hall–Kier alpha value is -1.06. The van der Waals surface area contributed by atoms with Gasteiger partial charge in [0.1, 0.15) is 5.75 Å². The lowest BCUT2D eigenvalue weighted by atomic mass is 9.94. The highest BCUT2D eigenvalue weighted by Gasteiger charge is 2.18. The lowest BCUT2D eigenvalue weighted by Gasteiger charge is -2.32. The normalized spacial score (nSPS) is 21.6. The van der Waals surface area contributed by atoms with Crippen LogP contribution < -0.4 is 5.73 Å². The summed E-state index contributed by atoms with van der Waals surface area (Å²) in [6.45, 7) is 4.14. The van der Waals surface area contributed by atoms with Gasteiger partial charge in [0, 0.05) is 13.1 Å². The van der Waals surface area contributed by atoms with Crippen molar-refractivity contribution in [2.45, 2.75) is 25.8 Å². The highest BCUT2D eigenvalue weighted by molar-refractivity contribution is 5.25. The van der Waals surface area contributed by atoms with E-state index in [1.165, 1.54) is 24.9 Å². The highest BCUT2D eigenvalue weighted by atomic mass is 16.3. The largest absolute Gasteiger partial charge is 0.508 e. The molecule has 1 heterocycles. The third kappa shape index (κ3) is 3.72. The Balaban J connectivity index is 1.87. The minimum atomic E-state index is 0.341. The molecule has 3 nitrogen and oxygen atoms in total. The Bertz CT molecular complexity index is 335. The molecule has 1 aliphatic rings. The van der Waals surface area contributed by atoms with Crippen molar-refractivity contribution in [2.75, 3.05) is 19.6 Å². The molecule has 2 rings (SSSR count). The standard InChI is InChI=1S/C14H22N2O/c15-8-7-12-2-1-9-16(10-12)11-13-3-5-14(17)6-4-13/h3-6,12,17H,1-2,7-11,15H2. The van der Waals surface area contributed by atoms with Crippen molar-refractivity contribution in [1.82, 2.24) is 4.90 Å². The third-order valence-electron chi connectivity index (χ3n) is 3.52. The van der Waals surface area contributed by atoms with Gasteiger partial charge in [-0.05, 0) is 56.0 Å². The zero-order valence-corrected chi connectivity index (χ0v) is 10.3. The van der Waals surface area contributed by atoms with Crippen molar-refractivity contribution in [3.8, 4) is 5.75 Å². The summed E-state index contributed by atoms with van der Waals surface area (Å²) in [5.74, 6) is 1.11. The van der Waals surface area contributed by atoms with Crippen LogP contribution in [0, 0.1) is 5.92 Å². The lowest BCUT2D eigenvalue weighted by Crippen LogP contribution is -2.35. The first-order valence-electron chi connectivity index (χ1n) is 6.48. The number of hydrogen-bond donors (Lipinski definition) is 2. The van der Waals surface area contributed by atoms with Crippen molar-refractivity contribution in [3.63, 3.8) is 0 Å². The fourth-order valence-electron chi connectivity index (χ4n) is 2.63. The topological polar surface area (TPSA) is 49.5 Å². The van der Waals surface area contributed by atoms with Crippen molar-refractivity contribution in [3.05, 3.63) is 29.8 Å². The molecule has 0 aromatic heterocycles. The van der Waals surface area contributed by atoms with Gasteiger partial charge in [-0.1, -0.05) is 12.1 Å². The number of phenolic OH excluding ortho intramolecular Hbond substituents is 1. The van der Waals surface area contributed by atoms with E-state index < -0.39 is 0 Å². The molecule has 0 aliphatic carbocycles. The van der Waals surface area contributed by atoms with Crippen LogP contribution in [0.25, 0.3) is 0 Å². The average molecular weight is 234 g/mol. The fourth-order valence-corrected chi connectivity index (χ4v) is 2.63. The van der Waals surface area contributed by atoms with Crippen LogP contribution in [0.2, 0.25) is 0 Å². The fraction of sp³-hybridized carbons (Fsp3) is 0.571. The second-order valence-corrected chi connectivity index (χ2v) is 4.99. The molecule has 0 radical (unpaired) electrons. The van der Waals surface area contributed by atoms with E-state index >= 15 is 0 Å². The summed E-state index contributed by atoms with van der Waals surface area (Å²) < 4.78 is 0. The SMILES string of the molecule is NCCC1CCCN(Cc2ccc(O)cc2)C1. The van der Waals surface area contributed by atoms with Crippen LogP contribution in [-0.4, -0.2) is 29.6 Å². The third-order valence-corrected chi connectivity index (χ3v) is 3.52. The second-order valence-electron chi connectivity index (χ2n) is 4.99. The van der Waals surface area contributed by atoms with E-state index in [1.54, 1.807) is 12.1 Å². The number of nitrogens with two attached hydrogens (primary N) is 1. The summed E-state index contributed by atoms with van der Waals surface area (Å²) in [6, 6.07) is 7.52. The zero-order chi connectivity index (χ0) is 12.1. The van der Waals surface area contributed by atoms with Gasteiger partial charge in [-0.25, -0.2) is 0 Å². The molecule has 0 saturated carbocycles. The summed E-state index contributed by atoms with van der Waals surface area (Å²) in [7, 11) is 0. The minimum Gasteiger partial charge on any atom is -0.508 e. The zero-order valence-electron chi connectivity index (χ0n) is 10.3. The van der Waals surface area contributed by atoms with E-state index in [-0.39, 0.29) is 0 Å². The van der Waals surface area contributed by atoms with Crippen molar-refractivity contribution in [2.24, 2.45) is 11.7 Å². The molecule has 1 fully saturated rings. The van der Waals surface area contributed by atoms with Gasteiger partial charge in [0.2, 0.25) is 0 Å². The van der Waals surface area contributed by atoms with Gasteiger partial charge < -0.3 is 10.8 Å². The van der Waals surface area contributed by atoms with Crippen LogP contribution in [0.5, 0.6) is 5.75 Å². The summed E-state index contributed by atoms with van der Waals surface area (Å²) >= 11 is 0. The van der Waals surface area contributed by atoms with Gasteiger partial charge in [-0.3, -0.25) is 4.90 Å². The molecule has 1 aliphatic heterocycles. The molecule has 1 unspecified atom stereocenters. The predicted octanol–water partition coefficient (Wildman–Crippen LogP) is 1.95. The molecule has 0 amide bonds. The van der Waals surface area contributed by atoms with Crippen LogP contribution in [0.4, 0.5) is 0 Å². The number of rotatable bonds is 4. The number of hydrogen-bond acceptors (Lipinski definition) is 3. The van der Waals surface area contributed by atoms with Gasteiger partial charge in [-0.2, -0.15) is 0 Å². The summed E-state index contributed by atoms with van der Waals surface area (Å²) in [5.41, 5.74) is 6.90. The van der Waals surface area contributed by atoms with Crippen LogP contribution in [0.3, 0.4) is 0 Å². The van der Waals surface area contributed by atoms with Gasteiger partial charge in [0.15, 0.2) is 0 Å². The number of aromatic hydroxyl groups is 1. The Labute approximate surface area is 103 Å². The summed E-state index contributed by atoms with van der Waals surface area (Å²) in [4.78, 5) is 2.50. The van der Waals surface area contributed by atoms with E-state index in [9.17, 15) is 5.11 Å². The van der Waals surface area contributed by atoms with Crippen LogP contribution in [0.15, 0.2) is 24.3 Å². The molecule has 1 aromatic rings. The van der Waals surface area contributed by atoms with E-state index in [1.807, 2.05) is 12.1 Å². The minimum absolute atomic E-state index is 0.341. The Morgan fingerprint density at radius 1 is 1.29 bits per heavy atom. The molecule has 0 bridgehead atoms. The molecular weight excluding hydrogens is 212 g/mol. The molecule has 1 aromatic carbocycles. The number of phenols is 1. The van der Waals surface area contributed by atoms with Crippen molar-refractivity contribution < 1.29 is 5.11 Å². The van der Waals surface area contributed by atoms with E-state index in [0.717, 1.165) is 32.0 Å². The van der Waals surface area contributed by atoms with Gasteiger partial charge in [0.05, 0.1) is 0 Å². The number of likely N-dealkylation sites (tertiary alicyclic amines) is 1. The Morgan fingerprint density at radius 3 is 2.76 bits per heavy atom. The maximum atomic E-state index is 9.25. The molecule has 1 atom stereocenters. The smallest absolute Gasteiger partial charge is 0.115 e. The quantitative estimate of drug-likeness (QED) is 0.837. The van der Waals surface area contributed by atoms with Gasteiger partial charge in [0.25, 0.3) is 0 Å². The molecule has 3 N–H and O–H groups in total. The monoisotopic (exact) mass is 234 g/mol. The number of piperidine rings is 1. The Kier molecular flexibility index (Phi) is 4.40. The predicted molar refractivity (Wildman–Crippen MR) is 69.8 cm³/mol. The van der Waals surface area contributed by atoms with E-state index in [4.69, 9.17) is 5.73 Å². The van der Waals surface area contributed by atoms with Crippen LogP contribution in [-0.2, 0) is 6.54 Å². The maximum Gasteiger partial charge on any atom is 0.115 e. The molecule has 17 heavy (non-hydrogen) atoms. The summed E-state index contributed by atoms with van der Waals surface area (Å²) in [6.07, 6.45) is 3.75. The molecule has 1 saturated heterocycles. The lowest BCUT2D eigenvalue weighted by molar-refractivity contribution is 0.163. The first-order chi connectivity index (χ1) is 8.28. The van der Waals surface area contributed by atoms with E-state index in [2.05, 4.69) is 4.90 Å². The molecule has 0 spiro atoms. The van der Waals surface area contributed by atoms with E-state index in [0.29, 0.717) is 5.75 Å². The maximum absolute atomic E-state index is 9.25. The molecule has 94 valence electrons. The number of benzene rings is 1. The second kappa shape index (κ2) is 6.03. The van der Waals surface area contributed by atoms with Crippen LogP contribution in [0.1, 0.15) is 24.8 Å². The first kappa shape index (κ1) is 12.4. The number of nitrogens with zero attached hydrogens (tertiary/aromatic N) is 1. The van der Waals surface area contributed by atoms with Crippen molar-refractivity contribution >= 4 is 0 Å². The Morgan fingerprint density at radius 2 is 2.06 bits per heavy atom. The van der Waals surface area contributed by atoms with Gasteiger partial charge >= 0.3 is 0 Å². The summed E-state index contributed by atoms with van der Waals surface area (Å²) in [5, 5.41) is 9.25. The van der Waals surface area contributed by atoms with Crippen LogP contribution >= 0.6 is 0 Å². The van der Waals surface area contributed by atoms with Crippen molar-refractivity contribution in [1.29, 1.82) is 0 Å². The molecular formula is C14H22N2O. The average Bonchev–Trinajstić information content (AvgIpc) is 2.33. The highest BCUT2D eigenvalue weighted by Crippen LogP contribution is 2.21. The van der Waals surface area contributed by atoms with Gasteiger partial charge in [-0.15, -0.1) is 0 Å².